The first-order valence-corrected chi connectivity index (χ1v) is 21.2. The van der Waals surface area contributed by atoms with Crippen LogP contribution in [-0.4, -0.2) is 29.9 Å². The highest BCUT2D eigenvalue weighted by Gasteiger charge is 2.23. The molecule has 0 spiro atoms. The molecule has 62 heavy (non-hydrogen) atoms. The number of fused-ring (bicyclic) bond motifs is 6. The van der Waals surface area contributed by atoms with Crippen molar-refractivity contribution in [1.29, 1.82) is 0 Å². The second-order valence-electron chi connectivity index (χ2n) is 15.0. The van der Waals surface area contributed by atoms with E-state index in [4.69, 9.17) is 34.3 Å². The Bertz CT molecular complexity index is 3510. The molecule has 0 radical (unpaired) electrons. The van der Waals surface area contributed by atoms with Gasteiger partial charge in [-0.25, -0.2) is 29.9 Å². The predicted octanol–water partition coefficient (Wildman–Crippen LogP) is 14.0. The van der Waals surface area contributed by atoms with Gasteiger partial charge in [0.05, 0.1) is 0 Å². The van der Waals surface area contributed by atoms with Gasteiger partial charge in [-0.1, -0.05) is 170 Å². The first-order chi connectivity index (χ1) is 30.7. The van der Waals surface area contributed by atoms with Gasteiger partial charge >= 0.3 is 0 Å². The molecule has 290 valence electrons. The van der Waals surface area contributed by atoms with E-state index in [0.29, 0.717) is 34.9 Å². The summed E-state index contributed by atoms with van der Waals surface area (Å²) in [6, 6.07) is 65.8. The Morgan fingerprint density at radius 3 is 1.42 bits per heavy atom. The Labute approximate surface area is 359 Å². The zero-order valence-corrected chi connectivity index (χ0v) is 33.8. The molecule has 4 heterocycles. The first-order valence-electron chi connectivity index (χ1n) is 20.4. The molecule has 8 aromatic carbocycles. The molecule has 0 saturated heterocycles. The molecular formula is C54H32N6OS. The van der Waals surface area contributed by atoms with Gasteiger partial charge in [-0.05, 0) is 35.4 Å². The van der Waals surface area contributed by atoms with E-state index in [2.05, 4.69) is 60.7 Å². The van der Waals surface area contributed by atoms with Gasteiger partial charge in [0.15, 0.2) is 34.9 Å². The second-order valence-corrected chi connectivity index (χ2v) is 16.1. The molecule has 12 aromatic rings. The number of furan rings is 1. The van der Waals surface area contributed by atoms with Gasteiger partial charge < -0.3 is 4.42 Å². The summed E-state index contributed by atoms with van der Waals surface area (Å²) in [5.41, 5.74) is 8.97. The lowest BCUT2D eigenvalue weighted by molar-refractivity contribution is 0.669. The average molecular weight is 813 g/mol. The van der Waals surface area contributed by atoms with Gasteiger partial charge in [0.25, 0.3) is 0 Å². The van der Waals surface area contributed by atoms with Crippen LogP contribution in [0.3, 0.4) is 0 Å². The number of hydrogen-bond acceptors (Lipinski definition) is 8. The van der Waals surface area contributed by atoms with Crippen LogP contribution in [-0.2, 0) is 0 Å². The quantitative estimate of drug-likeness (QED) is 0.158. The van der Waals surface area contributed by atoms with Gasteiger partial charge in [0.1, 0.15) is 11.2 Å². The Hall–Kier alpha value is -8.20. The highest BCUT2D eigenvalue weighted by atomic mass is 32.1. The number of aromatic nitrogens is 6. The summed E-state index contributed by atoms with van der Waals surface area (Å²) >= 11 is 1.76. The van der Waals surface area contributed by atoms with Crippen LogP contribution in [0.5, 0.6) is 0 Å². The second kappa shape index (κ2) is 14.8. The third-order valence-electron chi connectivity index (χ3n) is 11.2. The fourth-order valence-corrected chi connectivity index (χ4v) is 9.53. The Kier molecular flexibility index (Phi) is 8.53. The van der Waals surface area contributed by atoms with Crippen LogP contribution in [0.2, 0.25) is 0 Å². The van der Waals surface area contributed by atoms with Gasteiger partial charge in [0, 0.05) is 64.3 Å². The minimum absolute atomic E-state index is 0.566. The van der Waals surface area contributed by atoms with Crippen molar-refractivity contribution in [3.63, 3.8) is 0 Å². The van der Waals surface area contributed by atoms with E-state index in [0.717, 1.165) is 76.5 Å². The summed E-state index contributed by atoms with van der Waals surface area (Å²) in [7, 11) is 0. The number of thiophene rings is 1. The molecule has 0 bridgehead atoms. The van der Waals surface area contributed by atoms with Gasteiger partial charge in [-0.3, -0.25) is 0 Å². The fraction of sp³-hybridized carbons (Fsp3) is 0. The largest absolute Gasteiger partial charge is 0.456 e. The van der Waals surface area contributed by atoms with Crippen molar-refractivity contribution in [1.82, 2.24) is 29.9 Å². The van der Waals surface area contributed by atoms with Crippen molar-refractivity contribution in [2.24, 2.45) is 0 Å². The molecular weight excluding hydrogens is 781 g/mol. The molecule has 4 aromatic heterocycles. The molecule has 0 N–H and O–H groups in total. The van der Waals surface area contributed by atoms with Crippen LogP contribution in [0.1, 0.15) is 0 Å². The lowest BCUT2D eigenvalue weighted by atomic mass is 9.95. The lowest BCUT2D eigenvalue weighted by Crippen LogP contribution is -2.01. The van der Waals surface area contributed by atoms with Crippen molar-refractivity contribution in [3.8, 4) is 79.5 Å². The maximum Gasteiger partial charge on any atom is 0.166 e. The number of benzene rings is 8. The van der Waals surface area contributed by atoms with E-state index in [1.165, 1.54) is 10.1 Å². The summed E-state index contributed by atoms with van der Waals surface area (Å²) < 4.78 is 8.90. The van der Waals surface area contributed by atoms with E-state index in [1.54, 1.807) is 11.3 Å². The van der Waals surface area contributed by atoms with Crippen molar-refractivity contribution < 1.29 is 4.42 Å². The summed E-state index contributed by atoms with van der Waals surface area (Å²) in [5.74, 6) is 3.60. The standard InChI is InChI=1S/C54H32N6OS/c1-5-16-33(17-6-1)49-55-50(34-18-7-2-8-19-34)58-53(57-49)41-25-15-26-44-46(41)42-32-37(28-31-43(42)61-44)38-29-30-40-39-24-13-14-27-45(39)62-48(40)47(38)54-59-51(35-20-9-3-10-21-35)56-52(60-54)36-22-11-4-12-23-36/h1-32H. The minimum atomic E-state index is 0.566. The SMILES string of the molecule is c1ccc(-c2nc(-c3ccccc3)nc(-c3c(-c4ccc5oc6cccc(-c7nc(-c8ccccc8)nc(-c8ccccc8)n7)c6c5c4)ccc4c3sc3ccccc34)n2)cc1. The van der Waals surface area contributed by atoms with Crippen LogP contribution in [0.4, 0.5) is 0 Å². The Morgan fingerprint density at radius 1 is 0.323 bits per heavy atom. The maximum atomic E-state index is 6.59. The van der Waals surface area contributed by atoms with Crippen LogP contribution in [0.25, 0.3) is 122 Å². The van der Waals surface area contributed by atoms with Crippen LogP contribution >= 0.6 is 11.3 Å². The topological polar surface area (TPSA) is 90.5 Å². The summed E-state index contributed by atoms with van der Waals surface area (Å²) in [6.45, 7) is 0. The third-order valence-corrected chi connectivity index (χ3v) is 12.4. The molecule has 0 amide bonds. The Morgan fingerprint density at radius 2 is 0.839 bits per heavy atom. The Balaban J connectivity index is 1.11. The van der Waals surface area contributed by atoms with Crippen LogP contribution < -0.4 is 0 Å². The zero-order valence-electron chi connectivity index (χ0n) is 33.0. The highest BCUT2D eigenvalue weighted by molar-refractivity contribution is 7.26. The van der Waals surface area contributed by atoms with Gasteiger partial charge in [-0.15, -0.1) is 11.3 Å². The van der Waals surface area contributed by atoms with Crippen LogP contribution in [0, 0.1) is 0 Å². The van der Waals surface area contributed by atoms with Gasteiger partial charge in [-0.2, -0.15) is 0 Å². The first kappa shape index (κ1) is 35.7. The zero-order chi connectivity index (χ0) is 41.0. The molecule has 8 heteroatoms. The fourth-order valence-electron chi connectivity index (χ4n) is 8.28. The van der Waals surface area contributed by atoms with Crippen molar-refractivity contribution in [2.45, 2.75) is 0 Å². The van der Waals surface area contributed by atoms with Crippen molar-refractivity contribution in [2.75, 3.05) is 0 Å². The number of hydrogen-bond donors (Lipinski definition) is 0. The monoisotopic (exact) mass is 812 g/mol. The molecule has 0 aliphatic carbocycles. The minimum Gasteiger partial charge on any atom is -0.456 e. The summed E-state index contributed by atoms with van der Waals surface area (Å²) in [5, 5.41) is 4.23. The van der Waals surface area contributed by atoms with E-state index in [1.807, 2.05) is 133 Å². The van der Waals surface area contributed by atoms with Crippen molar-refractivity contribution >= 4 is 53.4 Å². The normalized spacial score (nSPS) is 11.5. The summed E-state index contributed by atoms with van der Waals surface area (Å²) in [4.78, 5) is 30.7. The summed E-state index contributed by atoms with van der Waals surface area (Å²) in [6.07, 6.45) is 0. The average Bonchev–Trinajstić information content (AvgIpc) is 3.93. The molecule has 0 fully saturated rings. The number of rotatable bonds is 7. The highest BCUT2D eigenvalue weighted by Crippen LogP contribution is 2.46. The van der Waals surface area contributed by atoms with E-state index in [9.17, 15) is 0 Å². The number of nitrogens with zero attached hydrogens (tertiary/aromatic N) is 6. The molecule has 0 unspecified atom stereocenters. The van der Waals surface area contributed by atoms with E-state index in [-0.39, 0.29) is 0 Å². The molecule has 0 aliphatic heterocycles. The predicted molar refractivity (Wildman–Crippen MR) is 251 cm³/mol. The molecule has 0 aliphatic rings. The maximum absolute atomic E-state index is 6.59. The smallest absolute Gasteiger partial charge is 0.166 e. The molecule has 0 atom stereocenters. The molecule has 0 saturated carbocycles. The van der Waals surface area contributed by atoms with E-state index < -0.39 is 0 Å². The van der Waals surface area contributed by atoms with Crippen LogP contribution in [0.15, 0.2) is 199 Å². The third kappa shape index (κ3) is 6.20. The van der Waals surface area contributed by atoms with E-state index >= 15 is 0 Å². The van der Waals surface area contributed by atoms with Crippen molar-refractivity contribution in [3.05, 3.63) is 194 Å². The molecule has 12 rings (SSSR count). The lowest BCUT2D eigenvalue weighted by Gasteiger charge is -2.14. The molecule has 7 nitrogen and oxygen atoms in total. The van der Waals surface area contributed by atoms with Gasteiger partial charge in [0.2, 0.25) is 0 Å².